The molecule has 0 aliphatic heterocycles. The van der Waals surface area contributed by atoms with Crippen LogP contribution in [0.2, 0.25) is 0 Å². The van der Waals surface area contributed by atoms with Crippen molar-refractivity contribution in [1.82, 2.24) is 15.3 Å². The predicted molar refractivity (Wildman–Crippen MR) is 128 cm³/mol. The normalized spacial score (nSPS) is 12.6. The summed E-state index contributed by atoms with van der Waals surface area (Å²) in [4.78, 5) is 25.0. The van der Waals surface area contributed by atoms with Crippen LogP contribution in [0.25, 0.3) is 10.9 Å². The predicted octanol–water partition coefficient (Wildman–Crippen LogP) is 3.74. The summed E-state index contributed by atoms with van der Waals surface area (Å²) in [5, 5.41) is 7.68. The molecule has 2 N–H and O–H groups in total. The molecule has 8 heteroatoms. The summed E-state index contributed by atoms with van der Waals surface area (Å²) in [5.74, 6) is -0.509. The van der Waals surface area contributed by atoms with Crippen LogP contribution in [0.1, 0.15) is 31.9 Å². The number of para-hydroxylation sites is 1. The first-order chi connectivity index (χ1) is 15.7. The molecule has 0 unspecified atom stereocenters. The molecule has 1 atom stereocenters. The van der Waals surface area contributed by atoms with Crippen molar-refractivity contribution in [2.75, 3.05) is 6.61 Å². The van der Waals surface area contributed by atoms with Crippen LogP contribution in [-0.4, -0.2) is 41.0 Å². The van der Waals surface area contributed by atoms with Gasteiger partial charge in [-0.05, 0) is 32.4 Å². The Morgan fingerprint density at radius 2 is 1.79 bits per heavy atom. The van der Waals surface area contributed by atoms with Crippen LogP contribution < -0.4 is 10.7 Å². The number of nitrogens with zero attached hydrogens (tertiary/aromatic N) is 2. The number of hydrogen-bond donors (Lipinski definition) is 2. The number of carbonyl (C=O) groups is 2. The molecule has 0 fully saturated rings. The number of aromatic nitrogens is 1. The van der Waals surface area contributed by atoms with Crippen LogP contribution in [0, 0.1) is 0 Å². The fraction of sp³-hybridized carbons (Fsp3) is 0.320. The van der Waals surface area contributed by atoms with Gasteiger partial charge in [-0.1, -0.05) is 48.5 Å². The number of nitrogens with one attached hydrogen (secondary N) is 2. The van der Waals surface area contributed by atoms with Crippen molar-refractivity contribution in [3.63, 3.8) is 0 Å². The fourth-order valence-corrected chi connectivity index (χ4v) is 3.22. The molecule has 2 aromatic carbocycles. The summed E-state index contributed by atoms with van der Waals surface area (Å²) in [6.45, 7) is 5.52. The first-order valence-corrected chi connectivity index (χ1v) is 10.7. The fourth-order valence-electron chi connectivity index (χ4n) is 3.22. The number of alkyl carbamates (subject to hydrolysis) is 1. The van der Waals surface area contributed by atoms with E-state index >= 15 is 0 Å². The Morgan fingerprint density at radius 1 is 1.09 bits per heavy atom. The number of benzene rings is 2. The van der Waals surface area contributed by atoms with E-state index in [9.17, 15) is 9.59 Å². The van der Waals surface area contributed by atoms with Gasteiger partial charge in [0.25, 0.3) is 5.91 Å². The lowest BCUT2D eigenvalue weighted by atomic mass is 10.2. The van der Waals surface area contributed by atoms with Gasteiger partial charge in [-0.15, -0.1) is 0 Å². The Kier molecular flexibility index (Phi) is 7.84. The Bertz CT molecular complexity index is 1120. The summed E-state index contributed by atoms with van der Waals surface area (Å²) in [6, 6.07) is 16.5. The SMILES string of the molecule is Cn1cc(/C=N\NC(=O)[C@H](COCc2ccccc2)NC(=O)OC(C)(C)C)c2ccccc21. The second-order valence-corrected chi connectivity index (χ2v) is 8.65. The van der Waals surface area contributed by atoms with E-state index in [4.69, 9.17) is 9.47 Å². The van der Waals surface area contributed by atoms with Crippen LogP contribution in [0.4, 0.5) is 4.79 Å². The number of ether oxygens (including phenoxy) is 2. The number of carbonyl (C=O) groups excluding carboxylic acids is 2. The molecule has 0 saturated heterocycles. The van der Waals surface area contributed by atoms with E-state index < -0.39 is 23.6 Å². The Labute approximate surface area is 193 Å². The van der Waals surface area contributed by atoms with E-state index in [1.54, 1.807) is 27.0 Å². The summed E-state index contributed by atoms with van der Waals surface area (Å²) in [7, 11) is 1.95. The topological polar surface area (TPSA) is 94.0 Å². The van der Waals surface area contributed by atoms with Gasteiger partial charge in [-0.25, -0.2) is 10.2 Å². The van der Waals surface area contributed by atoms with E-state index in [0.717, 1.165) is 22.0 Å². The highest BCUT2D eigenvalue weighted by Gasteiger charge is 2.24. The first kappa shape index (κ1) is 24.0. The van der Waals surface area contributed by atoms with Crippen LogP contribution >= 0.6 is 0 Å². The van der Waals surface area contributed by atoms with Gasteiger partial charge in [0.2, 0.25) is 0 Å². The molecule has 2 amide bonds. The number of hydrazone groups is 1. The average Bonchev–Trinajstić information content (AvgIpc) is 3.08. The van der Waals surface area contributed by atoms with Gasteiger partial charge in [-0.2, -0.15) is 5.10 Å². The third kappa shape index (κ3) is 7.18. The van der Waals surface area contributed by atoms with Gasteiger partial charge in [0, 0.05) is 29.7 Å². The molecule has 3 aromatic rings. The molecular formula is C25H30N4O4. The Morgan fingerprint density at radius 3 is 2.52 bits per heavy atom. The van der Waals surface area contributed by atoms with E-state index in [2.05, 4.69) is 15.8 Å². The van der Waals surface area contributed by atoms with Crippen LogP contribution in [0.15, 0.2) is 65.9 Å². The van der Waals surface area contributed by atoms with Crippen molar-refractivity contribution in [2.45, 2.75) is 39.0 Å². The highest BCUT2D eigenvalue weighted by Crippen LogP contribution is 2.18. The molecule has 1 aromatic heterocycles. The summed E-state index contributed by atoms with van der Waals surface area (Å²) in [6.07, 6.45) is 2.80. The third-order valence-electron chi connectivity index (χ3n) is 4.71. The molecule has 174 valence electrons. The van der Waals surface area contributed by atoms with E-state index in [1.807, 2.05) is 72.4 Å². The first-order valence-electron chi connectivity index (χ1n) is 10.7. The van der Waals surface area contributed by atoms with Gasteiger partial charge in [0.15, 0.2) is 0 Å². The van der Waals surface area contributed by atoms with Gasteiger partial charge in [-0.3, -0.25) is 4.79 Å². The molecular weight excluding hydrogens is 420 g/mol. The van der Waals surface area contributed by atoms with Crippen LogP contribution in [0.3, 0.4) is 0 Å². The highest BCUT2D eigenvalue weighted by molar-refractivity contribution is 5.99. The van der Waals surface area contributed by atoms with Gasteiger partial charge in [0.05, 0.1) is 19.4 Å². The molecule has 0 radical (unpaired) electrons. The molecule has 3 rings (SSSR count). The number of fused-ring (bicyclic) bond motifs is 1. The zero-order chi connectivity index (χ0) is 23.8. The minimum atomic E-state index is -0.978. The average molecular weight is 451 g/mol. The molecule has 8 nitrogen and oxygen atoms in total. The monoisotopic (exact) mass is 450 g/mol. The smallest absolute Gasteiger partial charge is 0.408 e. The lowest BCUT2D eigenvalue weighted by molar-refractivity contribution is -0.124. The van der Waals surface area contributed by atoms with Gasteiger partial charge in [0.1, 0.15) is 11.6 Å². The Balaban J connectivity index is 1.64. The zero-order valence-electron chi connectivity index (χ0n) is 19.4. The second-order valence-electron chi connectivity index (χ2n) is 8.65. The Hall–Kier alpha value is -3.65. The maximum atomic E-state index is 12.8. The maximum Gasteiger partial charge on any atom is 0.408 e. The van der Waals surface area contributed by atoms with E-state index in [0.29, 0.717) is 6.61 Å². The minimum Gasteiger partial charge on any atom is -0.444 e. The number of amides is 2. The van der Waals surface area contributed by atoms with Gasteiger partial charge >= 0.3 is 6.09 Å². The molecule has 33 heavy (non-hydrogen) atoms. The number of hydrogen-bond acceptors (Lipinski definition) is 5. The quantitative estimate of drug-likeness (QED) is 0.404. The lowest BCUT2D eigenvalue weighted by Crippen LogP contribution is -2.49. The van der Waals surface area contributed by atoms with Crippen molar-refractivity contribution in [3.05, 3.63) is 71.9 Å². The number of aryl methyl sites for hydroxylation is 1. The molecule has 1 heterocycles. The van der Waals surface area contributed by atoms with E-state index in [1.165, 1.54) is 0 Å². The largest absolute Gasteiger partial charge is 0.444 e. The maximum absolute atomic E-state index is 12.8. The molecule has 0 bridgehead atoms. The van der Waals surface area contributed by atoms with Crippen molar-refractivity contribution >= 4 is 29.1 Å². The molecule has 0 aliphatic carbocycles. The summed E-state index contributed by atoms with van der Waals surface area (Å²) < 4.78 is 12.9. The molecule has 0 aliphatic rings. The number of rotatable bonds is 8. The summed E-state index contributed by atoms with van der Waals surface area (Å²) >= 11 is 0. The van der Waals surface area contributed by atoms with Gasteiger partial charge < -0.3 is 19.4 Å². The zero-order valence-corrected chi connectivity index (χ0v) is 19.4. The minimum absolute atomic E-state index is 0.0379. The highest BCUT2D eigenvalue weighted by atomic mass is 16.6. The van der Waals surface area contributed by atoms with Crippen molar-refractivity contribution < 1.29 is 19.1 Å². The van der Waals surface area contributed by atoms with Crippen LogP contribution in [0.5, 0.6) is 0 Å². The molecule has 0 saturated carbocycles. The van der Waals surface area contributed by atoms with Crippen molar-refractivity contribution in [2.24, 2.45) is 12.1 Å². The summed E-state index contributed by atoms with van der Waals surface area (Å²) in [5.41, 5.74) is 4.69. The van der Waals surface area contributed by atoms with Crippen LogP contribution in [-0.2, 0) is 27.9 Å². The second kappa shape index (κ2) is 10.8. The van der Waals surface area contributed by atoms with Crippen molar-refractivity contribution in [3.8, 4) is 0 Å². The third-order valence-corrected chi connectivity index (χ3v) is 4.71. The standard InChI is InChI=1S/C25H30N4O4/c1-25(2,3)33-24(31)27-21(17-32-16-18-10-6-5-7-11-18)23(30)28-26-14-19-15-29(4)22-13-9-8-12-20(19)22/h5-15,21H,16-17H2,1-4H3,(H,27,31)(H,28,30)/b26-14-/t21-/m0/s1. The molecule has 0 spiro atoms. The van der Waals surface area contributed by atoms with Crippen molar-refractivity contribution in [1.29, 1.82) is 0 Å². The van der Waals surface area contributed by atoms with E-state index in [-0.39, 0.29) is 6.61 Å². The lowest BCUT2D eigenvalue weighted by Gasteiger charge is -2.22.